The summed E-state index contributed by atoms with van der Waals surface area (Å²) in [6.07, 6.45) is 4.21. The molecule has 0 saturated heterocycles. The molecule has 28 heavy (non-hydrogen) atoms. The first-order chi connectivity index (χ1) is 13.6. The highest BCUT2D eigenvalue weighted by Gasteiger charge is 2.29. The van der Waals surface area contributed by atoms with Gasteiger partial charge in [-0.05, 0) is 24.8 Å². The molecule has 1 aromatic carbocycles. The number of rotatable bonds is 6. The maximum Gasteiger partial charge on any atom is 0.314 e. The van der Waals surface area contributed by atoms with E-state index in [1.807, 2.05) is 6.07 Å². The van der Waals surface area contributed by atoms with Crippen molar-refractivity contribution in [3.63, 3.8) is 0 Å². The van der Waals surface area contributed by atoms with Crippen LogP contribution in [0.4, 0.5) is 19.1 Å². The van der Waals surface area contributed by atoms with Crippen LogP contribution in [0.5, 0.6) is 0 Å². The lowest BCUT2D eigenvalue weighted by Crippen LogP contribution is -2.21. The zero-order chi connectivity index (χ0) is 19.5. The Labute approximate surface area is 159 Å². The molecule has 0 radical (unpaired) electrons. The summed E-state index contributed by atoms with van der Waals surface area (Å²) in [7, 11) is 0. The average molecular weight is 389 g/mol. The number of benzene rings is 1. The van der Waals surface area contributed by atoms with E-state index < -0.39 is 12.3 Å². The molecule has 1 N–H and O–H groups in total. The van der Waals surface area contributed by atoms with E-state index in [0.717, 1.165) is 25.7 Å². The van der Waals surface area contributed by atoms with Gasteiger partial charge in [0, 0.05) is 18.0 Å². The number of nitrogens with one attached hydrogen (secondary N) is 1. The van der Waals surface area contributed by atoms with Gasteiger partial charge in [-0.25, -0.2) is 14.4 Å². The zero-order valence-electron chi connectivity index (χ0n) is 14.9. The fourth-order valence-electron chi connectivity index (χ4n) is 3.56. The zero-order valence-corrected chi connectivity index (χ0v) is 14.9. The topological polar surface area (TPSA) is 76.7 Å². The van der Waals surface area contributed by atoms with E-state index in [0.29, 0.717) is 17.1 Å². The molecule has 1 fully saturated rings. The van der Waals surface area contributed by atoms with Crippen molar-refractivity contribution in [3.8, 4) is 11.5 Å². The lowest BCUT2D eigenvalue weighted by atomic mass is 9.91. The van der Waals surface area contributed by atoms with Crippen LogP contribution in [0.1, 0.15) is 49.6 Å². The smallest absolute Gasteiger partial charge is 0.314 e. The summed E-state index contributed by atoms with van der Waals surface area (Å²) in [5.41, 5.74) is 0.911. The standard InChI is InChI=1S/C19H18F3N5O/c20-14-8-4-3-7-13(14)15(11-5-1-2-6-11)25-19-23-9-12(10-24-19)17-26-27-18(28-17)16(21)22/h3-4,7-11,15-16H,1-2,5-6H2,(H,23,24,25). The van der Waals surface area contributed by atoms with Gasteiger partial charge in [0.1, 0.15) is 5.82 Å². The summed E-state index contributed by atoms with van der Waals surface area (Å²) in [6, 6.07) is 6.43. The van der Waals surface area contributed by atoms with Crippen LogP contribution in [0.25, 0.3) is 11.5 Å². The van der Waals surface area contributed by atoms with Crippen LogP contribution < -0.4 is 5.32 Å². The predicted octanol–water partition coefficient (Wildman–Crippen LogP) is 4.95. The van der Waals surface area contributed by atoms with Crippen molar-refractivity contribution < 1.29 is 17.6 Å². The van der Waals surface area contributed by atoms with Gasteiger partial charge in [0.25, 0.3) is 11.8 Å². The molecule has 1 aliphatic carbocycles. The van der Waals surface area contributed by atoms with Crippen molar-refractivity contribution in [1.29, 1.82) is 0 Å². The lowest BCUT2D eigenvalue weighted by molar-refractivity contribution is 0.116. The number of halogens is 3. The Hall–Kier alpha value is -2.97. The Balaban J connectivity index is 1.56. The van der Waals surface area contributed by atoms with Crippen LogP contribution in [0.2, 0.25) is 0 Å². The number of hydrogen-bond acceptors (Lipinski definition) is 6. The molecule has 2 aromatic heterocycles. The summed E-state index contributed by atoms with van der Waals surface area (Å²) < 4.78 is 44.4. The highest BCUT2D eigenvalue weighted by atomic mass is 19.3. The third-order valence-corrected chi connectivity index (χ3v) is 4.92. The molecule has 0 bridgehead atoms. The molecule has 0 spiro atoms. The molecule has 2 heterocycles. The van der Waals surface area contributed by atoms with E-state index >= 15 is 0 Å². The van der Waals surface area contributed by atoms with Gasteiger partial charge in [0.2, 0.25) is 5.95 Å². The van der Waals surface area contributed by atoms with E-state index in [1.165, 1.54) is 18.5 Å². The SMILES string of the molecule is Fc1ccccc1C(Nc1ncc(-c2nnc(C(F)F)o2)cn1)C1CCCC1. The maximum absolute atomic E-state index is 14.4. The molecule has 1 unspecified atom stereocenters. The summed E-state index contributed by atoms with van der Waals surface area (Å²) in [4.78, 5) is 8.43. The number of anilines is 1. The summed E-state index contributed by atoms with van der Waals surface area (Å²) in [5.74, 6) is -0.502. The van der Waals surface area contributed by atoms with Crippen molar-refractivity contribution in [1.82, 2.24) is 20.2 Å². The molecule has 4 rings (SSSR count). The Kier molecular flexibility index (Phi) is 5.23. The maximum atomic E-state index is 14.4. The summed E-state index contributed by atoms with van der Waals surface area (Å²) in [6.45, 7) is 0. The van der Waals surface area contributed by atoms with E-state index in [9.17, 15) is 13.2 Å². The van der Waals surface area contributed by atoms with Gasteiger partial charge in [0.05, 0.1) is 11.6 Å². The van der Waals surface area contributed by atoms with Gasteiger partial charge < -0.3 is 9.73 Å². The molecular weight excluding hydrogens is 371 g/mol. The Morgan fingerprint density at radius 2 is 1.75 bits per heavy atom. The Morgan fingerprint density at radius 3 is 2.39 bits per heavy atom. The Bertz CT molecular complexity index is 925. The molecule has 0 aliphatic heterocycles. The van der Waals surface area contributed by atoms with Crippen molar-refractivity contribution in [3.05, 3.63) is 53.9 Å². The average Bonchev–Trinajstić information content (AvgIpc) is 3.40. The van der Waals surface area contributed by atoms with Gasteiger partial charge in [-0.15, -0.1) is 10.2 Å². The number of hydrogen-bond donors (Lipinski definition) is 1. The predicted molar refractivity (Wildman–Crippen MR) is 95.0 cm³/mol. The van der Waals surface area contributed by atoms with Crippen molar-refractivity contribution in [2.24, 2.45) is 5.92 Å². The third-order valence-electron chi connectivity index (χ3n) is 4.92. The number of alkyl halides is 2. The van der Waals surface area contributed by atoms with E-state index in [1.54, 1.807) is 12.1 Å². The number of nitrogens with zero attached hydrogens (tertiary/aromatic N) is 4. The van der Waals surface area contributed by atoms with Gasteiger partial charge in [0.15, 0.2) is 0 Å². The first-order valence-corrected chi connectivity index (χ1v) is 9.07. The summed E-state index contributed by atoms with van der Waals surface area (Å²) >= 11 is 0. The van der Waals surface area contributed by atoms with Gasteiger partial charge in [-0.2, -0.15) is 8.78 Å². The Morgan fingerprint density at radius 1 is 1.04 bits per heavy atom. The first kappa shape index (κ1) is 18.4. The highest BCUT2D eigenvalue weighted by molar-refractivity contribution is 5.50. The van der Waals surface area contributed by atoms with Crippen LogP contribution in [0.3, 0.4) is 0 Å². The molecule has 3 aromatic rings. The fourth-order valence-corrected chi connectivity index (χ4v) is 3.56. The minimum absolute atomic E-state index is 0.0803. The van der Waals surface area contributed by atoms with E-state index in [4.69, 9.17) is 4.42 Å². The summed E-state index contributed by atoms with van der Waals surface area (Å²) in [5, 5.41) is 10.1. The number of aromatic nitrogens is 4. The second-order valence-electron chi connectivity index (χ2n) is 6.73. The van der Waals surface area contributed by atoms with Gasteiger partial charge >= 0.3 is 6.43 Å². The quantitative estimate of drug-likeness (QED) is 0.643. The van der Waals surface area contributed by atoms with Crippen LogP contribution in [0, 0.1) is 11.7 Å². The largest absolute Gasteiger partial charge is 0.415 e. The van der Waals surface area contributed by atoms with Crippen LogP contribution in [-0.4, -0.2) is 20.2 Å². The lowest BCUT2D eigenvalue weighted by Gasteiger charge is -2.25. The van der Waals surface area contributed by atoms with Crippen LogP contribution >= 0.6 is 0 Å². The first-order valence-electron chi connectivity index (χ1n) is 9.07. The van der Waals surface area contributed by atoms with E-state index in [2.05, 4.69) is 25.5 Å². The molecule has 1 aliphatic rings. The minimum Gasteiger partial charge on any atom is -0.415 e. The van der Waals surface area contributed by atoms with Gasteiger partial charge in [-0.3, -0.25) is 0 Å². The normalized spacial score (nSPS) is 15.9. The minimum atomic E-state index is -2.84. The van der Waals surface area contributed by atoms with Crippen molar-refractivity contribution in [2.45, 2.75) is 38.2 Å². The molecule has 1 saturated carbocycles. The van der Waals surface area contributed by atoms with Crippen LogP contribution in [0.15, 0.2) is 41.1 Å². The monoisotopic (exact) mass is 389 g/mol. The van der Waals surface area contributed by atoms with E-state index in [-0.39, 0.29) is 23.7 Å². The molecule has 146 valence electrons. The van der Waals surface area contributed by atoms with Crippen molar-refractivity contribution >= 4 is 5.95 Å². The van der Waals surface area contributed by atoms with Crippen molar-refractivity contribution in [2.75, 3.05) is 5.32 Å². The third kappa shape index (κ3) is 3.83. The molecular formula is C19H18F3N5O. The molecule has 6 nitrogen and oxygen atoms in total. The second-order valence-corrected chi connectivity index (χ2v) is 6.73. The fraction of sp³-hybridized carbons (Fsp3) is 0.368. The molecule has 0 amide bonds. The molecule has 9 heteroatoms. The van der Waals surface area contributed by atoms with Gasteiger partial charge in [-0.1, -0.05) is 31.0 Å². The molecule has 1 atom stereocenters. The highest BCUT2D eigenvalue weighted by Crippen LogP contribution is 2.38. The van der Waals surface area contributed by atoms with Crippen LogP contribution in [-0.2, 0) is 0 Å². The second kappa shape index (κ2) is 7.95.